The van der Waals surface area contributed by atoms with Crippen molar-refractivity contribution in [3.05, 3.63) is 0 Å². The van der Waals surface area contributed by atoms with Gasteiger partial charge in [-0.25, -0.2) is 0 Å². The summed E-state index contributed by atoms with van der Waals surface area (Å²) in [6, 6.07) is 0. The summed E-state index contributed by atoms with van der Waals surface area (Å²) in [5.41, 5.74) is 0. The quantitative estimate of drug-likeness (QED) is 0.204. The van der Waals surface area contributed by atoms with Crippen LogP contribution in [-0.4, -0.2) is 55.1 Å². The minimum Gasteiger partial charge on any atom is -0.466 e. The maximum Gasteiger partial charge on any atom is 0.313 e. The molecule has 0 aromatic heterocycles. The molecule has 0 aliphatic carbocycles. The number of ether oxygens (including phenoxy) is 3. The number of carbonyl (C=O) groups is 6. The van der Waals surface area contributed by atoms with Gasteiger partial charge in [0.2, 0.25) is 0 Å². The summed E-state index contributed by atoms with van der Waals surface area (Å²) in [6.45, 7) is 10.2. The number of Topliss-reactive ketones (excluding diaryl/α,β-unsaturated/α-hetero) is 3. The molecule has 10 heteroatoms. The first-order chi connectivity index (χ1) is 12.5. The van der Waals surface area contributed by atoms with Crippen LogP contribution in [0.15, 0.2) is 0 Å². The number of esters is 3. The predicted molar refractivity (Wildman–Crippen MR) is 95.8 cm³/mol. The van der Waals surface area contributed by atoms with E-state index in [4.69, 9.17) is 0 Å². The molecule has 0 saturated heterocycles. The molecule has 0 radical (unpaired) electrons. The van der Waals surface area contributed by atoms with Gasteiger partial charge in [-0.1, -0.05) is 0 Å². The van der Waals surface area contributed by atoms with E-state index in [9.17, 15) is 28.8 Å². The Labute approximate surface area is 178 Å². The fourth-order valence-corrected chi connectivity index (χ4v) is 1.25. The van der Waals surface area contributed by atoms with E-state index in [0.29, 0.717) is 19.8 Å². The van der Waals surface area contributed by atoms with Crippen molar-refractivity contribution in [3.63, 3.8) is 0 Å². The van der Waals surface area contributed by atoms with Crippen LogP contribution in [0, 0.1) is 0 Å². The van der Waals surface area contributed by atoms with Crippen LogP contribution in [0.25, 0.3) is 0 Å². The van der Waals surface area contributed by atoms with Gasteiger partial charge in [0, 0.05) is 19.5 Å². The molecule has 0 fully saturated rings. The molecule has 9 nitrogen and oxygen atoms in total. The second kappa shape index (κ2) is 23.1. The zero-order chi connectivity index (χ0) is 21.8. The monoisotopic (exact) mass is 492 g/mol. The average Bonchev–Trinajstić information content (AvgIpc) is 2.46. The number of rotatable bonds is 9. The fourth-order valence-electron chi connectivity index (χ4n) is 1.25. The zero-order valence-electron chi connectivity index (χ0n) is 17.3. The largest absolute Gasteiger partial charge is 0.466 e. The fraction of sp³-hybridized carbons (Fsp3) is 0.667. The standard InChI is InChI=1S/3C6H10O3.Ru/c3*1-3-9-6(8)4-5(2)7;/h3*3-4H2,1-2H3;. The van der Waals surface area contributed by atoms with Gasteiger partial charge >= 0.3 is 17.9 Å². The van der Waals surface area contributed by atoms with Crippen molar-refractivity contribution in [1.29, 1.82) is 0 Å². The summed E-state index contributed by atoms with van der Waals surface area (Å²) in [6.07, 6.45) is -0.310. The molecule has 0 bridgehead atoms. The van der Waals surface area contributed by atoms with Gasteiger partial charge in [0.1, 0.15) is 36.6 Å². The molecule has 28 heavy (non-hydrogen) atoms. The molecule has 0 heterocycles. The van der Waals surface area contributed by atoms with Crippen LogP contribution in [0.1, 0.15) is 60.8 Å². The summed E-state index contributed by atoms with van der Waals surface area (Å²) in [4.78, 5) is 61.9. The number of ketones is 3. The van der Waals surface area contributed by atoms with Gasteiger partial charge in [-0.05, 0) is 41.5 Å². The maximum absolute atomic E-state index is 10.4. The molecule has 0 unspecified atom stereocenters. The molecule has 0 spiro atoms. The van der Waals surface area contributed by atoms with E-state index >= 15 is 0 Å². The molecule has 0 aromatic rings. The van der Waals surface area contributed by atoms with E-state index in [0.717, 1.165) is 0 Å². The van der Waals surface area contributed by atoms with Gasteiger partial charge in [-0.2, -0.15) is 0 Å². The Hall–Kier alpha value is -1.96. The van der Waals surface area contributed by atoms with Crippen LogP contribution in [0.5, 0.6) is 0 Å². The second-order valence-electron chi connectivity index (χ2n) is 5.05. The molecule has 0 amide bonds. The Balaban J connectivity index is -0.000000152. The summed E-state index contributed by atoms with van der Waals surface area (Å²) in [5, 5.41) is 0. The molecule has 164 valence electrons. The van der Waals surface area contributed by atoms with Crippen molar-refractivity contribution in [2.45, 2.75) is 60.8 Å². The molecule has 0 aliphatic rings. The minimum absolute atomic E-state index is 0. The molecule has 0 rings (SSSR count). The van der Waals surface area contributed by atoms with Crippen LogP contribution < -0.4 is 0 Å². The third-order valence-corrected chi connectivity index (χ3v) is 2.10. The Morgan fingerprint density at radius 2 is 0.679 bits per heavy atom. The molecule has 0 aromatic carbocycles. The number of hydrogen-bond donors (Lipinski definition) is 0. The molecular weight excluding hydrogens is 461 g/mol. The molecule has 0 N–H and O–H groups in total. The predicted octanol–water partition coefficient (Wildman–Crippen LogP) is 1.58. The van der Waals surface area contributed by atoms with E-state index < -0.39 is 17.9 Å². The van der Waals surface area contributed by atoms with Gasteiger partial charge in [-0.3, -0.25) is 28.8 Å². The molecule has 0 aliphatic heterocycles. The van der Waals surface area contributed by atoms with Gasteiger partial charge in [-0.15, -0.1) is 0 Å². The molecular formula is C18H30O9Ru. The van der Waals surface area contributed by atoms with Crippen LogP contribution >= 0.6 is 0 Å². The van der Waals surface area contributed by atoms with E-state index in [2.05, 4.69) is 14.2 Å². The van der Waals surface area contributed by atoms with Crippen LogP contribution in [-0.2, 0) is 62.5 Å². The average molecular weight is 491 g/mol. The Kier molecular flexibility index (Phi) is 27.7. The van der Waals surface area contributed by atoms with Crippen molar-refractivity contribution < 1.29 is 62.5 Å². The first-order valence-corrected chi connectivity index (χ1v) is 8.45. The summed E-state index contributed by atoms with van der Waals surface area (Å²) < 4.78 is 13.5. The van der Waals surface area contributed by atoms with Crippen LogP contribution in [0.4, 0.5) is 0 Å². The smallest absolute Gasteiger partial charge is 0.313 e. The SMILES string of the molecule is CCOC(=O)CC(C)=O.CCOC(=O)CC(C)=O.CCOC(=O)CC(C)=O.[Ru]. The third-order valence-electron chi connectivity index (χ3n) is 2.10. The zero-order valence-corrected chi connectivity index (χ0v) is 19.0. The second-order valence-corrected chi connectivity index (χ2v) is 5.05. The summed E-state index contributed by atoms with van der Waals surface area (Å²) >= 11 is 0. The summed E-state index contributed by atoms with van der Waals surface area (Å²) in [7, 11) is 0. The van der Waals surface area contributed by atoms with Crippen molar-refractivity contribution in [2.24, 2.45) is 0 Å². The normalized spacial score (nSPS) is 8.36. The molecule has 0 atom stereocenters. The first kappa shape index (κ1) is 33.6. The Bertz CT molecular complexity index is 430. The van der Waals surface area contributed by atoms with E-state index in [1.807, 2.05) is 0 Å². The van der Waals surface area contributed by atoms with Crippen molar-refractivity contribution in [3.8, 4) is 0 Å². The van der Waals surface area contributed by atoms with E-state index in [1.54, 1.807) is 20.8 Å². The van der Waals surface area contributed by atoms with Crippen molar-refractivity contribution >= 4 is 35.3 Å². The summed E-state index contributed by atoms with van der Waals surface area (Å²) in [5.74, 6) is -1.80. The first-order valence-electron chi connectivity index (χ1n) is 8.45. The topological polar surface area (TPSA) is 130 Å². The van der Waals surface area contributed by atoms with Gasteiger partial charge in [0.05, 0.1) is 19.8 Å². The number of hydrogen-bond acceptors (Lipinski definition) is 9. The van der Waals surface area contributed by atoms with Crippen molar-refractivity contribution in [1.82, 2.24) is 0 Å². The van der Waals surface area contributed by atoms with E-state index in [1.165, 1.54) is 20.8 Å². The number of carbonyl (C=O) groups excluding carboxylic acids is 6. The maximum atomic E-state index is 10.4. The van der Waals surface area contributed by atoms with Crippen molar-refractivity contribution in [2.75, 3.05) is 19.8 Å². The minimum atomic E-state index is -0.440. The third kappa shape index (κ3) is 35.2. The molecule has 0 saturated carbocycles. The van der Waals surface area contributed by atoms with Gasteiger partial charge in [0.15, 0.2) is 0 Å². The van der Waals surface area contributed by atoms with Gasteiger partial charge in [0.25, 0.3) is 0 Å². The Morgan fingerprint density at radius 3 is 0.786 bits per heavy atom. The van der Waals surface area contributed by atoms with E-state index in [-0.39, 0.29) is 56.1 Å². The van der Waals surface area contributed by atoms with Gasteiger partial charge < -0.3 is 14.2 Å². The van der Waals surface area contributed by atoms with Crippen LogP contribution in [0.2, 0.25) is 0 Å². The van der Waals surface area contributed by atoms with Crippen LogP contribution in [0.3, 0.4) is 0 Å². The Morgan fingerprint density at radius 1 is 0.500 bits per heavy atom.